The van der Waals surface area contributed by atoms with Gasteiger partial charge in [-0.2, -0.15) is 0 Å². The van der Waals surface area contributed by atoms with Crippen molar-refractivity contribution in [3.05, 3.63) is 101 Å². The van der Waals surface area contributed by atoms with Crippen molar-refractivity contribution in [1.82, 2.24) is 15.3 Å². The molecule has 5 rings (SSSR count). The molecule has 0 saturated heterocycles. The maximum Gasteiger partial charge on any atom is 0.289 e. The summed E-state index contributed by atoms with van der Waals surface area (Å²) in [4.78, 5) is 27.6. The molecule has 1 aliphatic rings. The van der Waals surface area contributed by atoms with Crippen LogP contribution in [0, 0.1) is 6.92 Å². The summed E-state index contributed by atoms with van der Waals surface area (Å²) in [6, 6.07) is 25.8. The van der Waals surface area contributed by atoms with E-state index < -0.39 is 0 Å². The van der Waals surface area contributed by atoms with Crippen molar-refractivity contribution in [2.24, 2.45) is 16.5 Å². The third-order valence-corrected chi connectivity index (χ3v) is 7.21. The molecule has 0 bridgehead atoms. The van der Waals surface area contributed by atoms with Crippen LogP contribution >= 0.6 is 0 Å². The van der Waals surface area contributed by atoms with Crippen molar-refractivity contribution in [3.63, 3.8) is 0 Å². The number of hydrogen-bond acceptors (Lipinski definition) is 5. The van der Waals surface area contributed by atoms with E-state index in [1.807, 2.05) is 73.7 Å². The molecule has 0 radical (unpaired) electrons. The van der Waals surface area contributed by atoms with Gasteiger partial charge in [0.05, 0.1) is 23.6 Å². The maximum atomic E-state index is 13.7. The van der Waals surface area contributed by atoms with Crippen LogP contribution in [0.2, 0.25) is 0 Å². The number of nitrogens with one attached hydrogen (secondary N) is 2. The summed E-state index contributed by atoms with van der Waals surface area (Å²) < 4.78 is 0. The number of anilines is 1. The number of hydrogen-bond donors (Lipinski definition) is 4. The zero-order valence-electron chi connectivity index (χ0n) is 22.2. The van der Waals surface area contributed by atoms with Gasteiger partial charge in [-0.25, -0.2) is 15.0 Å². The Bertz CT molecular complexity index is 1450. The van der Waals surface area contributed by atoms with E-state index >= 15 is 0 Å². The third kappa shape index (κ3) is 6.52. The molecule has 3 aromatic carbocycles. The second kappa shape index (κ2) is 11.9. The van der Waals surface area contributed by atoms with Gasteiger partial charge in [0.2, 0.25) is 5.82 Å². The third-order valence-electron chi connectivity index (χ3n) is 7.21. The molecule has 1 heterocycles. The SMILES string of the molecule is Cc1ccc2nc(C(=O)NC(Cc3ccccc3)c3ccccc3)nc(NC3CCCCC3N=C(N)N)c2c1. The number of nitrogens with two attached hydrogens (primary N) is 2. The van der Waals surface area contributed by atoms with Crippen LogP contribution in [0.1, 0.15) is 59.0 Å². The number of rotatable bonds is 8. The number of guanidine groups is 1. The van der Waals surface area contributed by atoms with E-state index in [0.717, 1.165) is 47.8 Å². The molecule has 0 spiro atoms. The summed E-state index contributed by atoms with van der Waals surface area (Å²) in [6.45, 7) is 2.03. The topological polar surface area (TPSA) is 131 Å². The molecule has 0 aliphatic heterocycles. The summed E-state index contributed by atoms with van der Waals surface area (Å²) in [5.41, 5.74) is 15.4. The van der Waals surface area contributed by atoms with Crippen LogP contribution < -0.4 is 22.1 Å². The zero-order valence-corrected chi connectivity index (χ0v) is 22.2. The predicted octanol–water partition coefficient (Wildman–Crippen LogP) is 4.65. The lowest BCUT2D eigenvalue weighted by molar-refractivity contribution is 0.0926. The van der Waals surface area contributed by atoms with Crippen LogP contribution in [-0.4, -0.2) is 33.9 Å². The molecular formula is C31H35N7O. The average molecular weight is 522 g/mol. The summed E-state index contributed by atoms with van der Waals surface area (Å²) in [5, 5.41) is 7.64. The summed E-state index contributed by atoms with van der Waals surface area (Å²) in [5.74, 6) is 0.505. The largest absolute Gasteiger partial charge is 0.370 e. The van der Waals surface area contributed by atoms with Gasteiger partial charge in [0.25, 0.3) is 5.91 Å². The van der Waals surface area contributed by atoms with Crippen molar-refractivity contribution >= 4 is 28.6 Å². The van der Waals surface area contributed by atoms with Gasteiger partial charge in [-0.15, -0.1) is 0 Å². The van der Waals surface area contributed by atoms with Crippen molar-refractivity contribution in [3.8, 4) is 0 Å². The Kier molecular flexibility index (Phi) is 8.01. The molecule has 3 unspecified atom stereocenters. The summed E-state index contributed by atoms with van der Waals surface area (Å²) >= 11 is 0. The molecule has 1 saturated carbocycles. The van der Waals surface area contributed by atoms with E-state index in [4.69, 9.17) is 16.5 Å². The molecule has 4 aromatic rings. The number of aromatic nitrogens is 2. The molecule has 1 aliphatic carbocycles. The normalized spacial score (nSPS) is 17.8. The number of aliphatic imine (C=N–C) groups is 1. The van der Waals surface area contributed by atoms with Crippen LogP contribution in [0.15, 0.2) is 83.9 Å². The highest BCUT2D eigenvalue weighted by molar-refractivity contribution is 5.97. The number of fused-ring (bicyclic) bond motifs is 1. The summed E-state index contributed by atoms with van der Waals surface area (Å²) in [7, 11) is 0. The minimum Gasteiger partial charge on any atom is -0.370 e. The number of benzene rings is 3. The molecular weight excluding hydrogens is 486 g/mol. The number of carbonyl (C=O) groups is 1. The monoisotopic (exact) mass is 521 g/mol. The standard InChI is InChI=1S/C31H35N7O/c1-20-16-17-24-23(18-20)28(35-25-14-8-9-15-26(25)37-31(32)33)38-29(34-24)30(39)36-27(22-12-6-3-7-13-22)19-21-10-4-2-5-11-21/h2-7,10-13,16-18,25-27H,8-9,14-15,19H2,1H3,(H,36,39)(H4,32,33,37)(H,34,35,38). The number of aryl methyl sites for hydroxylation is 1. The molecule has 1 aromatic heterocycles. The highest BCUT2D eigenvalue weighted by Gasteiger charge is 2.27. The minimum atomic E-state index is -0.324. The maximum absolute atomic E-state index is 13.7. The van der Waals surface area contributed by atoms with E-state index in [1.165, 1.54) is 0 Å². The molecule has 8 heteroatoms. The van der Waals surface area contributed by atoms with E-state index in [1.54, 1.807) is 0 Å². The number of nitrogens with zero attached hydrogens (tertiary/aromatic N) is 3. The Morgan fingerprint density at radius 2 is 1.69 bits per heavy atom. The van der Waals surface area contributed by atoms with Gasteiger partial charge in [-0.1, -0.05) is 85.1 Å². The van der Waals surface area contributed by atoms with E-state index in [9.17, 15) is 4.79 Å². The Morgan fingerprint density at radius 3 is 2.44 bits per heavy atom. The van der Waals surface area contributed by atoms with Crippen LogP contribution in [-0.2, 0) is 6.42 Å². The van der Waals surface area contributed by atoms with Gasteiger partial charge < -0.3 is 22.1 Å². The lowest BCUT2D eigenvalue weighted by Crippen LogP contribution is -2.38. The van der Waals surface area contributed by atoms with Crippen molar-refractivity contribution in [1.29, 1.82) is 0 Å². The molecule has 8 nitrogen and oxygen atoms in total. The van der Waals surface area contributed by atoms with Crippen molar-refractivity contribution < 1.29 is 4.79 Å². The Hall–Kier alpha value is -4.46. The first-order valence-corrected chi connectivity index (χ1v) is 13.5. The number of amides is 1. The van der Waals surface area contributed by atoms with E-state index in [0.29, 0.717) is 17.8 Å². The quantitative estimate of drug-likeness (QED) is 0.197. The Balaban J connectivity index is 1.47. The lowest BCUT2D eigenvalue weighted by Gasteiger charge is -2.30. The fourth-order valence-electron chi connectivity index (χ4n) is 5.27. The fourth-order valence-corrected chi connectivity index (χ4v) is 5.27. The van der Waals surface area contributed by atoms with Gasteiger partial charge in [0, 0.05) is 5.39 Å². The molecule has 1 amide bonds. The molecule has 1 fully saturated rings. The van der Waals surface area contributed by atoms with Gasteiger partial charge in [0.15, 0.2) is 5.96 Å². The van der Waals surface area contributed by atoms with Gasteiger partial charge >= 0.3 is 0 Å². The van der Waals surface area contributed by atoms with Crippen LogP contribution in [0.3, 0.4) is 0 Å². The Morgan fingerprint density at radius 1 is 0.974 bits per heavy atom. The lowest BCUT2D eigenvalue weighted by atomic mass is 9.90. The van der Waals surface area contributed by atoms with Gasteiger partial charge in [0.1, 0.15) is 5.82 Å². The highest BCUT2D eigenvalue weighted by atomic mass is 16.2. The second-order valence-corrected chi connectivity index (χ2v) is 10.2. The van der Waals surface area contributed by atoms with Crippen LogP contribution in [0.25, 0.3) is 10.9 Å². The second-order valence-electron chi connectivity index (χ2n) is 10.2. The van der Waals surface area contributed by atoms with Crippen LogP contribution in [0.4, 0.5) is 5.82 Å². The van der Waals surface area contributed by atoms with Gasteiger partial charge in [-0.3, -0.25) is 4.79 Å². The molecule has 6 N–H and O–H groups in total. The predicted molar refractivity (Wildman–Crippen MR) is 157 cm³/mol. The minimum absolute atomic E-state index is 0.00511. The fraction of sp³-hybridized carbons (Fsp3) is 0.290. The molecule has 3 atom stereocenters. The molecule has 200 valence electrons. The first kappa shape index (κ1) is 26.2. The van der Waals surface area contributed by atoms with Crippen molar-refractivity contribution in [2.45, 2.75) is 57.2 Å². The first-order chi connectivity index (χ1) is 19.0. The van der Waals surface area contributed by atoms with Gasteiger partial charge in [-0.05, 0) is 49.4 Å². The van der Waals surface area contributed by atoms with E-state index in [2.05, 4.69) is 32.7 Å². The zero-order chi connectivity index (χ0) is 27.2. The average Bonchev–Trinajstić information content (AvgIpc) is 2.94. The summed E-state index contributed by atoms with van der Waals surface area (Å²) in [6.07, 6.45) is 4.59. The van der Waals surface area contributed by atoms with E-state index in [-0.39, 0.29) is 35.8 Å². The van der Waals surface area contributed by atoms with Crippen molar-refractivity contribution in [2.75, 3.05) is 5.32 Å². The Labute approximate surface area is 229 Å². The van der Waals surface area contributed by atoms with Crippen LogP contribution in [0.5, 0.6) is 0 Å². The highest BCUT2D eigenvalue weighted by Crippen LogP contribution is 2.28. The molecule has 39 heavy (non-hydrogen) atoms. The number of carbonyl (C=O) groups excluding carboxylic acids is 1. The first-order valence-electron chi connectivity index (χ1n) is 13.5. The smallest absolute Gasteiger partial charge is 0.289 e.